The van der Waals surface area contributed by atoms with E-state index >= 15 is 0 Å². The van der Waals surface area contributed by atoms with Gasteiger partial charge in [-0.3, -0.25) is 0 Å². The summed E-state index contributed by atoms with van der Waals surface area (Å²) in [6, 6.07) is 27.1. The quantitative estimate of drug-likeness (QED) is 0.226. The molecule has 0 radical (unpaired) electrons. The van der Waals surface area contributed by atoms with Crippen LogP contribution in [-0.2, 0) is 0 Å². The van der Waals surface area contributed by atoms with Gasteiger partial charge in [-0.2, -0.15) is 0 Å². The number of benzene rings is 7. The number of fused-ring (bicyclic) bond motifs is 6. The van der Waals surface area contributed by atoms with Crippen LogP contribution in [0.4, 0.5) is 0 Å². The summed E-state index contributed by atoms with van der Waals surface area (Å²) in [5.41, 5.74) is 4.30. The molecule has 172 valence electrons. The van der Waals surface area contributed by atoms with Crippen molar-refractivity contribution in [2.24, 2.45) is 0 Å². The molecule has 0 saturated heterocycles. The summed E-state index contributed by atoms with van der Waals surface area (Å²) in [5, 5.41) is 5.39. The Kier molecular flexibility index (Phi) is 3.09. The first-order valence-electron chi connectivity index (χ1n) is 15.6. The Balaban J connectivity index is 1.56. The molecule has 0 bridgehead atoms. The molecule has 1 heterocycles. The van der Waals surface area contributed by atoms with Crippen LogP contribution in [0.25, 0.3) is 76.5 Å². The topological polar surface area (TPSA) is 13.1 Å². The van der Waals surface area contributed by atoms with E-state index < -0.39 is 12.1 Å². The summed E-state index contributed by atoms with van der Waals surface area (Å²) in [7, 11) is 0. The SMILES string of the molecule is [2H]c1c([2H])c([2H])c2c(-c3c4ccccc4c(-c4ccc5c(c4)oc4ccccc45)c4ccccc34)c([2H])c([2H])c([2H])c2c1[2H]. The minimum absolute atomic E-state index is 0.0559. The second-order valence-corrected chi connectivity index (χ2v) is 9.15. The van der Waals surface area contributed by atoms with Gasteiger partial charge in [0, 0.05) is 10.8 Å². The maximum Gasteiger partial charge on any atom is 0.136 e. The molecule has 0 unspecified atom stereocenters. The van der Waals surface area contributed by atoms with Crippen LogP contribution in [0.2, 0.25) is 0 Å². The second-order valence-electron chi connectivity index (χ2n) is 9.15. The van der Waals surface area contributed by atoms with E-state index in [1.54, 1.807) is 0 Å². The molecule has 0 N–H and O–H groups in total. The van der Waals surface area contributed by atoms with E-state index in [9.17, 15) is 0 Å². The summed E-state index contributed by atoms with van der Waals surface area (Å²) >= 11 is 0. The van der Waals surface area contributed by atoms with Crippen LogP contribution in [0.1, 0.15) is 9.60 Å². The lowest BCUT2D eigenvalue weighted by Gasteiger charge is -2.18. The van der Waals surface area contributed by atoms with Crippen LogP contribution in [0, 0.1) is 0 Å². The van der Waals surface area contributed by atoms with E-state index in [0.717, 1.165) is 54.6 Å². The zero-order chi connectivity index (χ0) is 30.4. The molecule has 0 fully saturated rings. The van der Waals surface area contributed by atoms with Crippen LogP contribution in [-0.4, -0.2) is 0 Å². The van der Waals surface area contributed by atoms with Crippen LogP contribution in [0.3, 0.4) is 0 Å². The van der Waals surface area contributed by atoms with Crippen molar-refractivity contribution in [2.75, 3.05) is 0 Å². The second kappa shape index (κ2) is 7.81. The van der Waals surface area contributed by atoms with E-state index in [0.29, 0.717) is 5.56 Å². The third-order valence-electron chi connectivity index (χ3n) is 7.16. The van der Waals surface area contributed by atoms with Gasteiger partial charge in [0.1, 0.15) is 11.2 Å². The van der Waals surface area contributed by atoms with Gasteiger partial charge in [0.25, 0.3) is 0 Å². The van der Waals surface area contributed by atoms with Gasteiger partial charge in [0.05, 0.1) is 9.60 Å². The third kappa shape index (κ3) is 2.98. The van der Waals surface area contributed by atoms with Crippen molar-refractivity contribution in [1.82, 2.24) is 0 Å². The van der Waals surface area contributed by atoms with E-state index in [2.05, 4.69) is 12.1 Å². The highest BCUT2D eigenvalue weighted by molar-refractivity contribution is 6.24. The number of hydrogen-bond acceptors (Lipinski definition) is 1. The van der Waals surface area contributed by atoms with Crippen molar-refractivity contribution < 1.29 is 14.0 Å². The predicted molar refractivity (Wildman–Crippen MR) is 157 cm³/mol. The molecule has 1 aromatic heterocycles. The molecular weight excluding hydrogens is 448 g/mol. The molecule has 0 aliphatic carbocycles. The normalized spacial score (nSPS) is 14.4. The first kappa shape index (κ1) is 14.6. The zero-order valence-electron chi connectivity index (χ0n) is 26.6. The molecule has 1 nitrogen and oxygen atoms in total. The number of rotatable bonds is 2. The zero-order valence-corrected chi connectivity index (χ0v) is 19.6. The van der Waals surface area contributed by atoms with Gasteiger partial charge < -0.3 is 4.42 Å². The van der Waals surface area contributed by atoms with E-state index in [1.165, 1.54) is 0 Å². The number of furan rings is 1. The summed E-state index contributed by atoms with van der Waals surface area (Å²) in [4.78, 5) is 0. The molecule has 8 aromatic rings. The van der Waals surface area contributed by atoms with Crippen molar-refractivity contribution in [3.8, 4) is 22.3 Å². The molecule has 0 saturated carbocycles. The maximum atomic E-state index is 9.09. The van der Waals surface area contributed by atoms with Gasteiger partial charge in [-0.1, -0.05) is 115 Å². The predicted octanol–water partition coefficient (Wildman–Crippen LogP) is 10.4. The lowest BCUT2D eigenvalue weighted by atomic mass is 9.84. The number of para-hydroxylation sites is 1. The molecule has 7 aromatic carbocycles. The molecule has 0 aliphatic heterocycles. The van der Waals surface area contributed by atoms with E-state index in [4.69, 9.17) is 14.0 Å². The lowest BCUT2D eigenvalue weighted by Crippen LogP contribution is -1.91. The average Bonchev–Trinajstić information content (AvgIpc) is 3.42. The molecule has 0 atom stereocenters. The summed E-state index contributed by atoms with van der Waals surface area (Å²) < 4.78 is 66.8. The summed E-state index contributed by atoms with van der Waals surface area (Å²) in [6.45, 7) is 0. The molecule has 0 aliphatic rings. The largest absolute Gasteiger partial charge is 0.456 e. The van der Waals surface area contributed by atoms with Gasteiger partial charge in [-0.05, 0) is 72.8 Å². The monoisotopic (exact) mass is 477 g/mol. The maximum absolute atomic E-state index is 9.09. The molecule has 8 rings (SSSR count). The fourth-order valence-corrected chi connectivity index (χ4v) is 5.59. The highest BCUT2D eigenvalue weighted by Gasteiger charge is 2.18. The Morgan fingerprint density at radius 3 is 1.81 bits per heavy atom. The Morgan fingerprint density at radius 1 is 0.459 bits per heavy atom. The fraction of sp³-hybridized carbons (Fsp3) is 0. The first-order valence-corrected chi connectivity index (χ1v) is 12.1. The van der Waals surface area contributed by atoms with Crippen molar-refractivity contribution in [3.63, 3.8) is 0 Å². The van der Waals surface area contributed by atoms with E-state index in [1.807, 2.05) is 78.9 Å². The molecule has 1 heteroatoms. The van der Waals surface area contributed by atoms with Gasteiger partial charge in [0.15, 0.2) is 0 Å². The summed E-state index contributed by atoms with van der Waals surface area (Å²) in [5.74, 6) is 0. The van der Waals surface area contributed by atoms with Crippen LogP contribution >= 0.6 is 0 Å². The van der Waals surface area contributed by atoms with Crippen LogP contribution in [0.5, 0.6) is 0 Å². The first-order chi connectivity index (χ1) is 21.3. The highest BCUT2D eigenvalue weighted by Crippen LogP contribution is 2.45. The average molecular weight is 478 g/mol. The molecule has 37 heavy (non-hydrogen) atoms. The fourth-order valence-electron chi connectivity index (χ4n) is 5.59. The van der Waals surface area contributed by atoms with Gasteiger partial charge in [-0.15, -0.1) is 0 Å². The Morgan fingerprint density at radius 2 is 1.05 bits per heavy atom. The third-order valence-corrected chi connectivity index (χ3v) is 7.16. The van der Waals surface area contributed by atoms with Gasteiger partial charge in [0.2, 0.25) is 0 Å². The minimum atomic E-state index is -0.467. The molecular formula is C36H22O. The summed E-state index contributed by atoms with van der Waals surface area (Å²) in [6.07, 6.45) is 0. The van der Waals surface area contributed by atoms with Gasteiger partial charge >= 0.3 is 0 Å². The Hall–Kier alpha value is -4.88. The van der Waals surface area contributed by atoms with Crippen LogP contribution in [0.15, 0.2) is 138 Å². The van der Waals surface area contributed by atoms with Crippen molar-refractivity contribution >= 4 is 54.3 Å². The molecule has 0 spiro atoms. The molecule has 0 amide bonds. The smallest absolute Gasteiger partial charge is 0.136 e. The van der Waals surface area contributed by atoms with Crippen molar-refractivity contribution in [1.29, 1.82) is 0 Å². The highest BCUT2D eigenvalue weighted by atomic mass is 16.3. The Labute approximate surface area is 224 Å². The van der Waals surface area contributed by atoms with Crippen molar-refractivity contribution in [2.45, 2.75) is 0 Å². The standard InChI is InChI=1S/C36H22O/c1-2-12-25-23(10-1)11-9-18-28(25)36-31-16-5-3-14-29(31)35(30-15-4-6-17-32(30)36)24-20-21-27-26-13-7-8-19-33(26)37-34(27)22-24/h1-22H/i1D,2D,9D,10D,11D,12D,18D. The van der Waals surface area contributed by atoms with Crippen LogP contribution < -0.4 is 0 Å². The number of hydrogen-bond donors (Lipinski definition) is 0. The van der Waals surface area contributed by atoms with E-state index in [-0.39, 0.29) is 46.5 Å². The lowest BCUT2D eigenvalue weighted by molar-refractivity contribution is 0.669. The minimum Gasteiger partial charge on any atom is -0.456 e. The van der Waals surface area contributed by atoms with Gasteiger partial charge in [-0.25, -0.2) is 0 Å². The Bertz CT molecular complexity index is 2470. The van der Waals surface area contributed by atoms with Crippen molar-refractivity contribution in [3.05, 3.63) is 133 Å².